The molecule has 0 saturated heterocycles. The van der Waals surface area contributed by atoms with Crippen molar-refractivity contribution in [2.75, 3.05) is 7.11 Å². The zero-order chi connectivity index (χ0) is 19.1. The maximum atomic E-state index is 12.5. The first kappa shape index (κ1) is 22.5. The number of hydrogen-bond acceptors (Lipinski definition) is 3. The van der Waals surface area contributed by atoms with Gasteiger partial charge in [-0.25, -0.2) is 4.79 Å². The fourth-order valence-electron chi connectivity index (χ4n) is 1.31. The fourth-order valence-corrected chi connectivity index (χ4v) is 2.04. The van der Waals surface area contributed by atoms with Crippen LogP contribution in [0.3, 0.4) is 0 Å². The van der Waals surface area contributed by atoms with Crippen LogP contribution in [0.2, 0.25) is 0 Å². The number of carbonyl (C=O) groups is 2. The molecule has 136 valence electrons. The molecule has 24 heavy (non-hydrogen) atoms. The molecule has 0 fully saturated rings. The van der Waals surface area contributed by atoms with Crippen LogP contribution in [-0.2, 0) is 26.9 Å². The minimum atomic E-state index is -5.08. The Morgan fingerprint density at radius 1 is 1.12 bits per heavy atom. The standard InChI is InChI=1S/C11H10F3IO2.C2HF3O2/c1-17-10(16)3-2-7-4-8(11(12,13)14)6-9(15)5-7;3-2(4,5)1(6)7/h4-6H,2-3H2,1H3;(H,6,7). The highest BCUT2D eigenvalue weighted by Gasteiger charge is 2.38. The zero-order valence-electron chi connectivity index (χ0n) is 12.0. The number of aliphatic carboxylic acids is 1. The van der Waals surface area contributed by atoms with Crippen LogP contribution >= 0.6 is 22.6 Å². The minimum Gasteiger partial charge on any atom is -0.475 e. The van der Waals surface area contributed by atoms with E-state index in [4.69, 9.17) is 9.90 Å². The Morgan fingerprint density at radius 2 is 1.62 bits per heavy atom. The average Bonchev–Trinajstić information content (AvgIpc) is 2.42. The molecular weight excluding hydrogens is 461 g/mol. The second kappa shape index (κ2) is 9.08. The Labute approximate surface area is 145 Å². The number of rotatable bonds is 3. The van der Waals surface area contributed by atoms with Crippen molar-refractivity contribution in [2.24, 2.45) is 0 Å². The van der Waals surface area contributed by atoms with E-state index in [1.165, 1.54) is 7.11 Å². The number of benzene rings is 1. The Hall–Kier alpha value is -1.53. The molecule has 0 unspecified atom stereocenters. The van der Waals surface area contributed by atoms with Gasteiger partial charge in [-0.2, -0.15) is 26.3 Å². The topological polar surface area (TPSA) is 63.6 Å². The third-order valence-electron chi connectivity index (χ3n) is 2.37. The first-order valence-corrected chi connectivity index (χ1v) is 7.09. The van der Waals surface area contributed by atoms with Gasteiger partial charge < -0.3 is 9.84 Å². The molecule has 0 radical (unpaired) electrons. The first-order chi connectivity index (χ1) is 10.8. The Bertz CT molecular complexity index is 583. The van der Waals surface area contributed by atoms with E-state index < -0.39 is 29.9 Å². The molecule has 4 nitrogen and oxygen atoms in total. The lowest BCUT2D eigenvalue weighted by molar-refractivity contribution is -0.192. The summed E-state index contributed by atoms with van der Waals surface area (Å²) in [5.74, 6) is -3.19. The third kappa shape index (κ3) is 8.93. The number of carboxylic acid groups (broad SMARTS) is 1. The molecule has 11 heteroatoms. The highest BCUT2D eigenvalue weighted by molar-refractivity contribution is 14.1. The fraction of sp³-hybridized carbons (Fsp3) is 0.385. The lowest BCUT2D eigenvalue weighted by Crippen LogP contribution is -2.21. The van der Waals surface area contributed by atoms with E-state index in [1.807, 2.05) is 22.6 Å². The first-order valence-electron chi connectivity index (χ1n) is 6.01. The third-order valence-corrected chi connectivity index (χ3v) is 3.00. The van der Waals surface area contributed by atoms with Crippen molar-refractivity contribution in [1.82, 2.24) is 0 Å². The van der Waals surface area contributed by atoms with Crippen molar-refractivity contribution in [3.05, 3.63) is 32.9 Å². The molecule has 1 aromatic rings. The van der Waals surface area contributed by atoms with Gasteiger partial charge in [0.15, 0.2) is 0 Å². The van der Waals surface area contributed by atoms with E-state index in [0.717, 1.165) is 12.1 Å². The van der Waals surface area contributed by atoms with Crippen LogP contribution in [0.15, 0.2) is 18.2 Å². The highest BCUT2D eigenvalue weighted by Crippen LogP contribution is 2.31. The minimum absolute atomic E-state index is 0.0773. The quantitative estimate of drug-likeness (QED) is 0.410. The molecule has 0 aromatic heterocycles. The Balaban J connectivity index is 0.000000640. The molecule has 1 aromatic carbocycles. The van der Waals surface area contributed by atoms with Gasteiger partial charge in [0, 0.05) is 9.99 Å². The van der Waals surface area contributed by atoms with Gasteiger partial charge in [0.1, 0.15) is 0 Å². The molecule has 1 rings (SSSR count). The van der Waals surface area contributed by atoms with Crippen molar-refractivity contribution >= 4 is 34.5 Å². The van der Waals surface area contributed by atoms with Gasteiger partial charge in [-0.3, -0.25) is 4.79 Å². The number of alkyl halides is 6. The maximum Gasteiger partial charge on any atom is 0.490 e. The van der Waals surface area contributed by atoms with Gasteiger partial charge >= 0.3 is 24.3 Å². The van der Waals surface area contributed by atoms with Crippen LogP contribution in [0.1, 0.15) is 17.5 Å². The van der Waals surface area contributed by atoms with Crippen LogP contribution in [0, 0.1) is 3.57 Å². The number of carboxylic acids is 1. The number of esters is 1. The predicted octanol–water partition coefficient (Wildman–Crippen LogP) is 4.05. The summed E-state index contributed by atoms with van der Waals surface area (Å²) in [5.41, 5.74) is -0.209. The molecule has 0 bridgehead atoms. The summed E-state index contributed by atoms with van der Waals surface area (Å²) in [7, 11) is 1.25. The number of methoxy groups -OCH3 is 1. The van der Waals surface area contributed by atoms with Crippen molar-refractivity contribution in [2.45, 2.75) is 25.2 Å². The van der Waals surface area contributed by atoms with Gasteiger partial charge in [0.25, 0.3) is 0 Å². The summed E-state index contributed by atoms with van der Waals surface area (Å²) in [6.45, 7) is 0. The van der Waals surface area contributed by atoms with E-state index in [-0.39, 0.29) is 12.8 Å². The summed E-state index contributed by atoms with van der Waals surface area (Å²) in [6.07, 6.45) is -9.12. The monoisotopic (exact) mass is 472 g/mol. The highest BCUT2D eigenvalue weighted by atomic mass is 127. The summed E-state index contributed by atoms with van der Waals surface area (Å²) in [6, 6.07) is 3.76. The molecule has 0 aliphatic heterocycles. The molecular formula is C13H11F6IO4. The van der Waals surface area contributed by atoms with Crippen LogP contribution in [0.4, 0.5) is 26.3 Å². The van der Waals surface area contributed by atoms with Crippen molar-refractivity contribution in [3.63, 3.8) is 0 Å². The maximum absolute atomic E-state index is 12.5. The van der Waals surface area contributed by atoms with E-state index in [1.54, 1.807) is 6.07 Å². The van der Waals surface area contributed by atoms with Gasteiger partial charge in [0.2, 0.25) is 0 Å². The van der Waals surface area contributed by atoms with E-state index >= 15 is 0 Å². The Morgan fingerprint density at radius 3 is 2.00 bits per heavy atom. The van der Waals surface area contributed by atoms with Crippen molar-refractivity contribution < 1.29 is 45.8 Å². The average molecular weight is 472 g/mol. The van der Waals surface area contributed by atoms with Crippen LogP contribution in [-0.4, -0.2) is 30.3 Å². The molecule has 0 spiro atoms. The van der Waals surface area contributed by atoms with Crippen LogP contribution in [0.25, 0.3) is 0 Å². The van der Waals surface area contributed by atoms with Crippen molar-refractivity contribution in [1.29, 1.82) is 0 Å². The van der Waals surface area contributed by atoms with Crippen molar-refractivity contribution in [3.8, 4) is 0 Å². The summed E-state index contributed by atoms with van der Waals surface area (Å²) in [4.78, 5) is 19.8. The van der Waals surface area contributed by atoms with Crippen LogP contribution < -0.4 is 0 Å². The summed E-state index contributed by atoms with van der Waals surface area (Å²) < 4.78 is 74.2. The predicted molar refractivity (Wildman–Crippen MR) is 78.2 cm³/mol. The second-order valence-corrected chi connectivity index (χ2v) is 5.47. The number of halogens is 7. The lowest BCUT2D eigenvalue weighted by atomic mass is 10.1. The lowest BCUT2D eigenvalue weighted by Gasteiger charge is -2.09. The molecule has 1 N–H and O–H groups in total. The van der Waals surface area contributed by atoms with Gasteiger partial charge in [0.05, 0.1) is 12.7 Å². The Kier molecular flexibility index (Phi) is 8.50. The summed E-state index contributed by atoms with van der Waals surface area (Å²) >= 11 is 1.82. The van der Waals surface area contributed by atoms with Gasteiger partial charge in [-0.15, -0.1) is 0 Å². The molecule has 0 heterocycles. The number of aryl methyl sites for hydroxylation is 1. The molecule has 0 saturated carbocycles. The largest absolute Gasteiger partial charge is 0.490 e. The van der Waals surface area contributed by atoms with Gasteiger partial charge in [-0.05, 0) is 52.8 Å². The normalized spacial score (nSPS) is 11.3. The zero-order valence-corrected chi connectivity index (χ0v) is 14.1. The van der Waals surface area contributed by atoms with E-state index in [9.17, 15) is 31.1 Å². The summed E-state index contributed by atoms with van der Waals surface area (Å²) in [5, 5.41) is 7.12. The number of carbonyl (C=O) groups excluding carboxylic acids is 1. The second-order valence-electron chi connectivity index (χ2n) is 4.22. The van der Waals surface area contributed by atoms with Crippen LogP contribution in [0.5, 0.6) is 0 Å². The molecule has 0 amide bonds. The number of ether oxygens (including phenoxy) is 1. The SMILES string of the molecule is COC(=O)CCc1cc(I)cc(C(F)(F)F)c1.O=C(O)C(F)(F)F. The van der Waals surface area contributed by atoms with E-state index in [0.29, 0.717) is 9.13 Å². The van der Waals surface area contributed by atoms with Gasteiger partial charge in [-0.1, -0.05) is 0 Å². The molecule has 0 aliphatic rings. The number of hydrogen-bond donors (Lipinski definition) is 1. The smallest absolute Gasteiger partial charge is 0.475 e. The molecule has 0 aliphatic carbocycles. The molecule has 0 atom stereocenters. The van der Waals surface area contributed by atoms with E-state index in [2.05, 4.69) is 4.74 Å².